The summed E-state index contributed by atoms with van der Waals surface area (Å²) in [6, 6.07) is 13.5. The molecular formula is C22H26F3N3O2. The standard InChI is InChI=1S/C22H26F3N3O2/c23-22(24,25)20-16-19(7-8-21(20)28(29)30)26-11-4-12-27-13-9-18(10-14-27)15-17-5-2-1-3-6-17/h1-3,5-8,16,18,26H,4,9-15H2. The molecule has 0 radical (unpaired) electrons. The van der Waals surface area contributed by atoms with Gasteiger partial charge in [-0.15, -0.1) is 0 Å². The van der Waals surface area contributed by atoms with Crippen molar-refractivity contribution in [2.24, 2.45) is 5.92 Å². The predicted molar refractivity (Wildman–Crippen MR) is 111 cm³/mol. The minimum atomic E-state index is -4.76. The van der Waals surface area contributed by atoms with Crippen LogP contribution in [0.1, 0.15) is 30.4 Å². The first-order valence-corrected chi connectivity index (χ1v) is 10.2. The topological polar surface area (TPSA) is 58.4 Å². The monoisotopic (exact) mass is 421 g/mol. The van der Waals surface area contributed by atoms with Gasteiger partial charge in [-0.1, -0.05) is 30.3 Å². The van der Waals surface area contributed by atoms with Gasteiger partial charge in [-0.2, -0.15) is 13.2 Å². The average molecular weight is 421 g/mol. The average Bonchev–Trinajstić information content (AvgIpc) is 2.72. The highest BCUT2D eigenvalue weighted by Gasteiger charge is 2.38. The van der Waals surface area contributed by atoms with Crippen molar-refractivity contribution in [1.82, 2.24) is 4.90 Å². The molecule has 1 fully saturated rings. The number of nitro groups is 1. The maximum atomic E-state index is 13.1. The van der Waals surface area contributed by atoms with Crippen LogP contribution in [0.25, 0.3) is 0 Å². The minimum Gasteiger partial charge on any atom is -0.385 e. The lowest BCUT2D eigenvalue weighted by atomic mass is 9.90. The molecule has 1 aliphatic rings. The highest BCUT2D eigenvalue weighted by molar-refractivity contribution is 5.55. The number of nitrogens with zero attached hydrogens (tertiary/aromatic N) is 2. The predicted octanol–water partition coefficient (Wildman–Crippen LogP) is 5.37. The minimum absolute atomic E-state index is 0.245. The zero-order valence-corrected chi connectivity index (χ0v) is 16.7. The molecule has 0 spiro atoms. The normalized spacial score (nSPS) is 15.8. The lowest BCUT2D eigenvalue weighted by Gasteiger charge is -2.32. The van der Waals surface area contributed by atoms with Crippen LogP contribution in [0.5, 0.6) is 0 Å². The number of nitro benzene ring substituents is 1. The van der Waals surface area contributed by atoms with Crippen LogP contribution in [-0.4, -0.2) is 36.0 Å². The van der Waals surface area contributed by atoms with E-state index in [0.717, 1.165) is 57.5 Å². The third kappa shape index (κ3) is 6.19. The molecule has 0 unspecified atom stereocenters. The smallest absolute Gasteiger partial charge is 0.385 e. The van der Waals surface area contributed by atoms with E-state index in [4.69, 9.17) is 0 Å². The second-order valence-electron chi connectivity index (χ2n) is 7.74. The van der Waals surface area contributed by atoms with E-state index in [0.29, 0.717) is 12.5 Å². The Morgan fingerprint density at radius 1 is 1.10 bits per heavy atom. The maximum Gasteiger partial charge on any atom is 0.423 e. The Bertz CT molecular complexity index is 835. The number of halogens is 3. The highest BCUT2D eigenvalue weighted by Crippen LogP contribution is 2.37. The molecule has 1 N–H and O–H groups in total. The van der Waals surface area contributed by atoms with E-state index < -0.39 is 22.4 Å². The number of likely N-dealkylation sites (tertiary alicyclic amines) is 1. The van der Waals surface area contributed by atoms with Crippen molar-refractivity contribution >= 4 is 11.4 Å². The summed E-state index contributed by atoms with van der Waals surface area (Å²) in [6.07, 6.45) is -0.553. The van der Waals surface area contributed by atoms with Gasteiger partial charge in [0.1, 0.15) is 5.56 Å². The third-order valence-corrected chi connectivity index (χ3v) is 5.55. The third-order valence-electron chi connectivity index (χ3n) is 5.55. The van der Waals surface area contributed by atoms with Crippen LogP contribution >= 0.6 is 0 Å². The number of benzene rings is 2. The molecule has 0 atom stereocenters. The summed E-state index contributed by atoms with van der Waals surface area (Å²) < 4.78 is 39.2. The fourth-order valence-corrected chi connectivity index (χ4v) is 3.93. The van der Waals surface area contributed by atoms with Gasteiger partial charge >= 0.3 is 6.18 Å². The van der Waals surface area contributed by atoms with Crippen molar-refractivity contribution in [3.63, 3.8) is 0 Å². The second kappa shape index (κ2) is 9.93. The Labute approximate surface area is 174 Å². The number of nitrogens with one attached hydrogen (secondary N) is 1. The molecule has 1 aliphatic heterocycles. The van der Waals surface area contributed by atoms with Gasteiger partial charge in [0.25, 0.3) is 5.69 Å². The van der Waals surface area contributed by atoms with Crippen LogP contribution in [0.15, 0.2) is 48.5 Å². The molecule has 2 aromatic rings. The molecule has 1 saturated heterocycles. The van der Waals surface area contributed by atoms with Gasteiger partial charge in [-0.05, 0) is 68.9 Å². The molecule has 0 amide bonds. The van der Waals surface area contributed by atoms with Gasteiger partial charge in [-0.3, -0.25) is 10.1 Å². The molecule has 0 saturated carbocycles. The highest BCUT2D eigenvalue weighted by atomic mass is 19.4. The Morgan fingerprint density at radius 3 is 2.43 bits per heavy atom. The summed E-state index contributed by atoms with van der Waals surface area (Å²) in [5.41, 5.74) is -0.527. The molecular weight excluding hydrogens is 395 g/mol. The van der Waals surface area contributed by atoms with E-state index in [1.54, 1.807) is 0 Å². The van der Waals surface area contributed by atoms with Gasteiger partial charge < -0.3 is 10.2 Å². The lowest BCUT2D eigenvalue weighted by molar-refractivity contribution is -0.388. The molecule has 2 aromatic carbocycles. The number of alkyl halides is 3. The first-order chi connectivity index (χ1) is 14.3. The zero-order chi connectivity index (χ0) is 21.6. The fraction of sp³-hybridized carbons (Fsp3) is 0.455. The molecule has 162 valence electrons. The Morgan fingerprint density at radius 2 is 1.80 bits per heavy atom. The van der Waals surface area contributed by atoms with Crippen LogP contribution in [0.3, 0.4) is 0 Å². The summed E-state index contributed by atoms with van der Waals surface area (Å²) in [6.45, 7) is 3.46. The molecule has 30 heavy (non-hydrogen) atoms. The van der Waals surface area contributed by atoms with Crippen LogP contribution in [-0.2, 0) is 12.6 Å². The van der Waals surface area contributed by atoms with Crippen molar-refractivity contribution in [3.05, 3.63) is 69.8 Å². The van der Waals surface area contributed by atoms with E-state index >= 15 is 0 Å². The SMILES string of the molecule is O=[N+]([O-])c1ccc(NCCCN2CCC(Cc3ccccc3)CC2)cc1C(F)(F)F. The number of hydrogen-bond acceptors (Lipinski definition) is 4. The van der Waals surface area contributed by atoms with E-state index in [2.05, 4.69) is 34.5 Å². The van der Waals surface area contributed by atoms with Crippen LogP contribution < -0.4 is 5.32 Å². The molecule has 0 aliphatic carbocycles. The Hall–Kier alpha value is -2.61. The summed E-state index contributed by atoms with van der Waals surface area (Å²) in [7, 11) is 0. The number of rotatable bonds is 8. The molecule has 0 bridgehead atoms. The van der Waals surface area contributed by atoms with Crippen LogP contribution in [0.4, 0.5) is 24.5 Å². The van der Waals surface area contributed by atoms with Crippen molar-refractivity contribution in [2.75, 3.05) is 31.5 Å². The molecule has 8 heteroatoms. The Kier molecular flexibility index (Phi) is 7.31. The van der Waals surface area contributed by atoms with Crippen molar-refractivity contribution < 1.29 is 18.1 Å². The summed E-state index contributed by atoms with van der Waals surface area (Å²) in [5.74, 6) is 0.697. The van der Waals surface area contributed by atoms with E-state index in [1.165, 1.54) is 11.6 Å². The fourth-order valence-electron chi connectivity index (χ4n) is 3.93. The molecule has 1 heterocycles. The molecule has 3 rings (SSSR count). The van der Waals surface area contributed by atoms with Gasteiger partial charge in [0.2, 0.25) is 0 Å². The molecule has 0 aromatic heterocycles. The van der Waals surface area contributed by atoms with E-state index in [1.807, 2.05) is 6.07 Å². The maximum absolute atomic E-state index is 13.1. The van der Waals surface area contributed by atoms with Crippen molar-refractivity contribution in [1.29, 1.82) is 0 Å². The number of hydrogen-bond donors (Lipinski definition) is 1. The second-order valence-corrected chi connectivity index (χ2v) is 7.74. The summed E-state index contributed by atoms with van der Waals surface area (Å²) >= 11 is 0. The lowest BCUT2D eigenvalue weighted by Crippen LogP contribution is -2.35. The van der Waals surface area contributed by atoms with Gasteiger partial charge in [0.05, 0.1) is 4.92 Å². The number of anilines is 1. The largest absolute Gasteiger partial charge is 0.423 e. The van der Waals surface area contributed by atoms with Crippen LogP contribution in [0, 0.1) is 16.0 Å². The zero-order valence-electron chi connectivity index (χ0n) is 16.7. The van der Waals surface area contributed by atoms with Gasteiger partial charge in [-0.25, -0.2) is 0 Å². The van der Waals surface area contributed by atoms with Gasteiger partial charge in [0.15, 0.2) is 0 Å². The summed E-state index contributed by atoms with van der Waals surface area (Å²) in [4.78, 5) is 12.2. The van der Waals surface area contributed by atoms with Gasteiger partial charge in [0, 0.05) is 18.3 Å². The first-order valence-electron chi connectivity index (χ1n) is 10.2. The Balaban J connectivity index is 1.41. The van der Waals surface area contributed by atoms with E-state index in [9.17, 15) is 23.3 Å². The first kappa shape index (κ1) is 22.1. The molecule has 5 nitrogen and oxygen atoms in total. The quantitative estimate of drug-likeness (QED) is 0.354. The number of piperidine rings is 1. The van der Waals surface area contributed by atoms with Crippen molar-refractivity contribution in [3.8, 4) is 0 Å². The van der Waals surface area contributed by atoms with Crippen molar-refractivity contribution in [2.45, 2.75) is 31.9 Å². The van der Waals surface area contributed by atoms with E-state index in [-0.39, 0.29) is 5.69 Å². The van der Waals surface area contributed by atoms with Crippen LogP contribution in [0.2, 0.25) is 0 Å². The summed E-state index contributed by atoms with van der Waals surface area (Å²) in [5, 5.41) is 13.8.